The maximum Gasteiger partial charge on any atom is 0.171 e. The number of rotatable bonds is 5. The summed E-state index contributed by atoms with van der Waals surface area (Å²) in [4.78, 5) is 3.20. The monoisotopic (exact) mass is 439 g/mol. The number of aryl methyl sites for hydroxylation is 1. The van der Waals surface area contributed by atoms with Crippen molar-refractivity contribution in [3.05, 3.63) is 64.1 Å². The van der Waals surface area contributed by atoms with Gasteiger partial charge in [-0.05, 0) is 62.2 Å². The van der Waals surface area contributed by atoms with Crippen molar-refractivity contribution in [2.75, 3.05) is 32.1 Å². The predicted octanol–water partition coefficient (Wildman–Crippen LogP) is 4.29. The molecule has 32 heavy (non-hydrogen) atoms. The van der Waals surface area contributed by atoms with E-state index in [-0.39, 0.29) is 17.7 Å². The van der Waals surface area contributed by atoms with Crippen LogP contribution in [-0.4, -0.2) is 41.5 Å². The van der Waals surface area contributed by atoms with Gasteiger partial charge in [0.05, 0.1) is 18.8 Å². The fraction of sp³-hybridized carbons (Fsp3) is 0.375. The van der Waals surface area contributed by atoms with Crippen LogP contribution in [0.1, 0.15) is 46.8 Å². The lowest BCUT2D eigenvalue weighted by atomic mass is 9.96. The summed E-state index contributed by atoms with van der Waals surface area (Å²) in [5.74, 6) is -0.336. The van der Waals surface area contributed by atoms with E-state index in [1.165, 1.54) is 19.2 Å². The maximum atomic E-state index is 14.7. The van der Waals surface area contributed by atoms with E-state index in [1.807, 2.05) is 6.92 Å². The third-order valence-corrected chi connectivity index (χ3v) is 6.46. The largest absolute Gasteiger partial charge is 0.494 e. The van der Waals surface area contributed by atoms with Crippen LogP contribution in [0.4, 0.5) is 14.6 Å². The lowest BCUT2D eigenvalue weighted by molar-refractivity contribution is 0.342. The van der Waals surface area contributed by atoms with Gasteiger partial charge in [-0.2, -0.15) is 5.10 Å². The molecule has 0 saturated carbocycles. The molecule has 0 spiro atoms. The SMILES string of the molecule is COc1ccc(F)c(Cc2c[nH]c3c2C=C(c2cn(C4CCNCC4)nc2C)CN3)c1F. The van der Waals surface area contributed by atoms with Gasteiger partial charge < -0.3 is 20.4 Å². The van der Waals surface area contributed by atoms with Gasteiger partial charge in [-0.25, -0.2) is 8.78 Å². The summed E-state index contributed by atoms with van der Waals surface area (Å²) in [6, 6.07) is 2.97. The van der Waals surface area contributed by atoms with Crippen molar-refractivity contribution in [3.8, 4) is 5.75 Å². The van der Waals surface area contributed by atoms with E-state index in [0.29, 0.717) is 12.6 Å². The van der Waals surface area contributed by atoms with E-state index in [1.54, 1.807) is 6.20 Å². The Balaban J connectivity index is 1.47. The molecule has 6 nitrogen and oxygen atoms in total. The molecule has 0 bridgehead atoms. The number of aromatic amines is 1. The van der Waals surface area contributed by atoms with Gasteiger partial charge in [0.1, 0.15) is 11.6 Å². The summed E-state index contributed by atoms with van der Waals surface area (Å²) >= 11 is 0. The van der Waals surface area contributed by atoms with Gasteiger partial charge in [0, 0.05) is 42.0 Å². The molecular formula is C24H27F2N5O. The molecule has 0 unspecified atom stereocenters. The zero-order chi connectivity index (χ0) is 22.2. The lowest BCUT2D eigenvalue weighted by Gasteiger charge is -2.22. The highest BCUT2D eigenvalue weighted by molar-refractivity contribution is 5.91. The van der Waals surface area contributed by atoms with Crippen LogP contribution in [0.25, 0.3) is 11.6 Å². The predicted molar refractivity (Wildman–Crippen MR) is 121 cm³/mol. The number of hydrogen-bond acceptors (Lipinski definition) is 4. The molecule has 1 fully saturated rings. The molecular weight excluding hydrogens is 412 g/mol. The third-order valence-electron chi connectivity index (χ3n) is 6.46. The lowest BCUT2D eigenvalue weighted by Crippen LogP contribution is -2.29. The average Bonchev–Trinajstić information content (AvgIpc) is 3.40. The molecule has 168 valence electrons. The zero-order valence-electron chi connectivity index (χ0n) is 18.3. The quantitative estimate of drug-likeness (QED) is 0.555. The Hall–Kier alpha value is -3.13. The van der Waals surface area contributed by atoms with Crippen LogP contribution in [0, 0.1) is 18.6 Å². The minimum Gasteiger partial charge on any atom is -0.494 e. The number of anilines is 1. The summed E-state index contributed by atoms with van der Waals surface area (Å²) in [6.07, 6.45) is 8.31. The molecule has 3 N–H and O–H groups in total. The molecule has 0 amide bonds. The highest BCUT2D eigenvalue weighted by Gasteiger charge is 2.23. The minimum absolute atomic E-state index is 0.00146. The number of benzene rings is 1. The maximum absolute atomic E-state index is 14.7. The topological polar surface area (TPSA) is 66.9 Å². The number of hydrogen-bond donors (Lipinski definition) is 3. The number of methoxy groups -OCH3 is 1. The van der Waals surface area contributed by atoms with E-state index >= 15 is 0 Å². The van der Waals surface area contributed by atoms with E-state index < -0.39 is 11.6 Å². The second-order valence-corrected chi connectivity index (χ2v) is 8.43. The van der Waals surface area contributed by atoms with E-state index in [2.05, 4.69) is 32.6 Å². The summed E-state index contributed by atoms with van der Waals surface area (Å²) < 4.78 is 36.2. The third kappa shape index (κ3) is 3.68. The van der Waals surface area contributed by atoms with Crippen LogP contribution in [-0.2, 0) is 6.42 Å². The Morgan fingerprint density at radius 2 is 2.03 bits per heavy atom. The van der Waals surface area contributed by atoms with Crippen molar-refractivity contribution in [2.24, 2.45) is 0 Å². The fourth-order valence-electron chi connectivity index (χ4n) is 4.66. The molecule has 2 aliphatic heterocycles. The number of nitrogens with zero attached hydrogens (tertiary/aromatic N) is 2. The minimum atomic E-state index is -0.658. The average molecular weight is 440 g/mol. The highest BCUT2D eigenvalue weighted by atomic mass is 19.1. The first-order valence-electron chi connectivity index (χ1n) is 11.0. The Morgan fingerprint density at radius 3 is 2.81 bits per heavy atom. The first kappa shape index (κ1) is 20.8. The smallest absolute Gasteiger partial charge is 0.171 e. The summed E-state index contributed by atoms with van der Waals surface area (Å²) in [7, 11) is 1.38. The number of H-pyrrole nitrogens is 1. The second-order valence-electron chi connectivity index (χ2n) is 8.43. The molecule has 8 heteroatoms. The molecule has 1 saturated heterocycles. The first-order valence-corrected chi connectivity index (χ1v) is 11.0. The fourth-order valence-corrected chi connectivity index (χ4v) is 4.66. The van der Waals surface area contributed by atoms with Gasteiger partial charge >= 0.3 is 0 Å². The summed E-state index contributed by atoms with van der Waals surface area (Å²) in [5.41, 5.74) is 4.94. The molecule has 5 rings (SSSR count). The van der Waals surface area contributed by atoms with Crippen LogP contribution in [0.5, 0.6) is 5.75 Å². The van der Waals surface area contributed by atoms with Gasteiger partial charge in [-0.1, -0.05) is 0 Å². The molecule has 3 aromatic rings. The van der Waals surface area contributed by atoms with Gasteiger partial charge in [0.15, 0.2) is 11.6 Å². The van der Waals surface area contributed by atoms with Crippen LogP contribution >= 0.6 is 0 Å². The van der Waals surface area contributed by atoms with Crippen LogP contribution < -0.4 is 15.4 Å². The van der Waals surface area contributed by atoms with Crippen LogP contribution in [0.3, 0.4) is 0 Å². The van der Waals surface area contributed by atoms with Crippen LogP contribution in [0.15, 0.2) is 24.5 Å². The number of piperidine rings is 1. The summed E-state index contributed by atoms with van der Waals surface area (Å²) in [5, 5.41) is 11.6. The number of ether oxygens (including phenoxy) is 1. The Labute approximate surface area is 185 Å². The molecule has 2 aliphatic rings. The number of aromatic nitrogens is 3. The first-order chi connectivity index (χ1) is 15.5. The van der Waals surface area contributed by atoms with Crippen molar-refractivity contribution in [1.82, 2.24) is 20.1 Å². The van der Waals surface area contributed by atoms with Crippen molar-refractivity contribution in [1.29, 1.82) is 0 Å². The van der Waals surface area contributed by atoms with Crippen molar-refractivity contribution < 1.29 is 13.5 Å². The van der Waals surface area contributed by atoms with Gasteiger partial charge in [-0.15, -0.1) is 0 Å². The van der Waals surface area contributed by atoms with Crippen molar-refractivity contribution >= 4 is 17.5 Å². The van der Waals surface area contributed by atoms with Gasteiger partial charge in [0.25, 0.3) is 0 Å². The van der Waals surface area contributed by atoms with Crippen molar-refractivity contribution in [2.45, 2.75) is 32.2 Å². The Bertz CT molecular complexity index is 1170. The highest BCUT2D eigenvalue weighted by Crippen LogP contribution is 2.34. The number of halogens is 2. The standard InChI is InChI=1S/C24H27F2N5O/c1-14-20(13-31(30-14)17-5-7-27-8-6-17)16-9-18-15(11-28-24(18)29-12-16)10-19-21(25)3-4-22(32-2)23(19)26/h3-4,9,11,13,17,27-29H,5-8,10,12H2,1-2H3. The van der Waals surface area contributed by atoms with E-state index in [0.717, 1.165) is 59.7 Å². The Morgan fingerprint density at radius 1 is 1.22 bits per heavy atom. The van der Waals surface area contributed by atoms with Crippen LogP contribution in [0.2, 0.25) is 0 Å². The molecule has 1 aromatic carbocycles. The van der Waals surface area contributed by atoms with E-state index in [9.17, 15) is 8.78 Å². The second kappa shape index (κ2) is 8.43. The molecule has 0 atom stereocenters. The molecule has 0 radical (unpaired) electrons. The normalized spacial score (nSPS) is 16.4. The number of fused-ring (bicyclic) bond motifs is 1. The number of nitrogens with one attached hydrogen (secondary N) is 3. The van der Waals surface area contributed by atoms with E-state index in [4.69, 9.17) is 9.84 Å². The molecule has 4 heterocycles. The van der Waals surface area contributed by atoms with Gasteiger partial charge in [0.2, 0.25) is 0 Å². The van der Waals surface area contributed by atoms with Gasteiger partial charge in [-0.3, -0.25) is 4.68 Å². The molecule has 0 aliphatic carbocycles. The van der Waals surface area contributed by atoms with Crippen molar-refractivity contribution in [3.63, 3.8) is 0 Å². The Kier molecular flexibility index (Phi) is 5.46. The zero-order valence-corrected chi connectivity index (χ0v) is 18.3. The molecule has 2 aromatic heterocycles. The summed E-state index contributed by atoms with van der Waals surface area (Å²) in [6.45, 7) is 4.71.